The minimum atomic E-state index is 0.0803. The van der Waals surface area contributed by atoms with Crippen LogP contribution < -0.4 is 52.1 Å². The van der Waals surface area contributed by atoms with Crippen LogP contribution in [-0.2, 0) is 0 Å². The molecule has 0 aliphatic carbocycles. The lowest BCUT2D eigenvalue weighted by molar-refractivity contribution is 0.487. The molecule has 0 saturated heterocycles. The molecule has 574 valence electrons. The van der Waals surface area contributed by atoms with Crippen molar-refractivity contribution < 1.29 is 9.47 Å². The molecular formula is C116H82B2N2O2. The van der Waals surface area contributed by atoms with E-state index in [1.165, 1.54) is 142 Å². The molecule has 23 rings (SSSR count). The molecular weight excluding hydrogens is 1470 g/mol. The standard InChI is InChI=1S/C62H46BNO.C54H36BNO/c1-39-16-13-17-40(2)61(39)63(62-41(3)18-14-19-42(62)4)46-31-30-43-34-45(29-28-44(43)35-46)54-37-56-53-26-15-27-58-60(53)57(38-55(56)51-25-12-11-24-50(51)54)52-33-32-49(36-59(52)65-58)64(47-20-7-5-8-21-47)48-22-9-6-10-23-48;1-5-16-39(17-6-1)55(40-18-7-2-8-19-40)51-36-49-47-26-15-27-52-54(47)50(35-48(49)44-24-13-14-25-45(44)51)46-33-30-38(34-53(46)57-52)37-28-31-43(32-29-37)56(41-20-9-3-10-21-41)42-22-11-4-12-23-42/h5-38H,1-4H3;1-36H. The number of hydrogen-bond donors (Lipinski definition) is 0. The second kappa shape index (κ2) is 30.6. The average Bonchev–Trinajstić information content (AvgIpc) is 0.716. The van der Waals surface area contributed by atoms with Gasteiger partial charge in [0, 0.05) is 62.1 Å². The Balaban J connectivity index is 0.000000147. The average molecular weight is 1560 g/mol. The SMILES string of the molecule is Cc1cccc(C)c1B(c1ccc2cc(-c3cc4c5cccc6c5c(cc4c4ccccc34)-c3ccc(N(c4ccccc4)c4ccccc4)cc3O6)ccc2c1)c1c(C)cccc1C.c1ccc(B(c2ccccc2)c2cc3c4cccc5c4c(cc3c3ccccc23)-c2ccc(-c3ccc(N(c4ccccc4)c4ccccc4)cc3)cc2O5)cc1. The van der Waals surface area contributed by atoms with Crippen LogP contribution in [0.15, 0.2) is 425 Å². The van der Waals surface area contributed by atoms with Gasteiger partial charge in [-0.05, 0) is 247 Å². The fourth-order valence-electron chi connectivity index (χ4n) is 19.9. The molecule has 0 fully saturated rings. The highest BCUT2D eigenvalue weighted by atomic mass is 16.5. The van der Waals surface area contributed by atoms with Crippen molar-refractivity contribution in [3.05, 3.63) is 447 Å². The molecule has 4 nitrogen and oxygen atoms in total. The van der Waals surface area contributed by atoms with E-state index in [-0.39, 0.29) is 13.4 Å². The zero-order valence-corrected chi connectivity index (χ0v) is 68.3. The second-order valence-electron chi connectivity index (χ2n) is 32.7. The number of nitrogens with zero attached hydrogens (tertiary/aromatic N) is 2. The molecule has 0 N–H and O–H groups in total. The summed E-state index contributed by atoms with van der Waals surface area (Å²) in [6, 6.07) is 154. The largest absolute Gasteiger partial charge is 0.456 e. The van der Waals surface area contributed by atoms with Crippen LogP contribution in [0.4, 0.5) is 34.1 Å². The number of rotatable bonds is 14. The maximum absolute atomic E-state index is 6.89. The van der Waals surface area contributed by atoms with Crippen molar-refractivity contribution in [1.29, 1.82) is 0 Å². The summed E-state index contributed by atoms with van der Waals surface area (Å²) in [6.07, 6.45) is 0. The zero-order valence-electron chi connectivity index (χ0n) is 68.3. The lowest BCUT2D eigenvalue weighted by atomic mass is 9.34. The fourth-order valence-corrected chi connectivity index (χ4v) is 19.9. The van der Waals surface area contributed by atoms with Crippen molar-refractivity contribution >= 4 is 156 Å². The van der Waals surface area contributed by atoms with Crippen LogP contribution in [0.2, 0.25) is 0 Å². The van der Waals surface area contributed by atoms with Gasteiger partial charge in [0.2, 0.25) is 13.4 Å². The van der Waals surface area contributed by atoms with E-state index < -0.39 is 0 Å². The minimum absolute atomic E-state index is 0.0803. The smallest absolute Gasteiger partial charge is 0.242 e. The van der Waals surface area contributed by atoms with E-state index in [0.717, 1.165) is 90.1 Å². The summed E-state index contributed by atoms with van der Waals surface area (Å²) >= 11 is 0. The zero-order chi connectivity index (χ0) is 81.5. The Morgan fingerprint density at radius 2 is 0.566 bits per heavy atom. The molecule has 0 atom stereocenters. The Morgan fingerprint density at radius 1 is 0.197 bits per heavy atom. The number of aryl methyl sites for hydroxylation is 4. The van der Waals surface area contributed by atoms with Gasteiger partial charge in [-0.3, -0.25) is 0 Å². The Bertz CT molecular complexity index is 7470. The number of anilines is 6. The first-order chi connectivity index (χ1) is 60.2. The van der Waals surface area contributed by atoms with Crippen LogP contribution in [0.25, 0.3) is 120 Å². The van der Waals surface area contributed by atoms with Gasteiger partial charge in [0.05, 0.1) is 0 Å². The molecule has 21 aromatic carbocycles. The number of benzene rings is 21. The van der Waals surface area contributed by atoms with E-state index in [2.05, 4.69) is 462 Å². The Labute approximate surface area is 712 Å². The maximum atomic E-state index is 6.89. The summed E-state index contributed by atoms with van der Waals surface area (Å²) < 4.78 is 13.7. The van der Waals surface area contributed by atoms with Crippen LogP contribution >= 0.6 is 0 Å². The Hall–Kier alpha value is -15.2. The number of ether oxygens (including phenoxy) is 2. The molecule has 122 heavy (non-hydrogen) atoms. The summed E-state index contributed by atoms with van der Waals surface area (Å²) in [4.78, 5) is 4.58. The van der Waals surface area contributed by atoms with E-state index in [1.54, 1.807) is 0 Å². The molecule has 0 radical (unpaired) electrons. The summed E-state index contributed by atoms with van der Waals surface area (Å²) in [5, 5.41) is 17.2. The maximum Gasteiger partial charge on any atom is 0.242 e. The lowest BCUT2D eigenvalue weighted by Gasteiger charge is -2.28. The van der Waals surface area contributed by atoms with Gasteiger partial charge in [-0.15, -0.1) is 0 Å². The van der Waals surface area contributed by atoms with Gasteiger partial charge in [0.25, 0.3) is 0 Å². The molecule has 0 aromatic heterocycles. The minimum Gasteiger partial charge on any atom is -0.456 e. The molecule has 0 amide bonds. The summed E-state index contributed by atoms with van der Waals surface area (Å²) in [6.45, 7) is 9.25. The van der Waals surface area contributed by atoms with Crippen molar-refractivity contribution in [2.24, 2.45) is 0 Å². The second-order valence-corrected chi connectivity index (χ2v) is 32.7. The summed E-state index contributed by atoms with van der Waals surface area (Å²) in [5.41, 5.74) is 29.2. The first-order valence-corrected chi connectivity index (χ1v) is 42.3. The first kappa shape index (κ1) is 73.2. The molecule has 0 saturated carbocycles. The number of fused-ring (bicyclic) bond motifs is 13. The fraction of sp³-hybridized carbons (Fsp3) is 0.0345. The Morgan fingerprint density at radius 3 is 1.09 bits per heavy atom. The van der Waals surface area contributed by atoms with Crippen molar-refractivity contribution in [2.75, 3.05) is 9.80 Å². The predicted octanol–water partition coefficient (Wildman–Crippen LogP) is 27.5. The third-order valence-corrected chi connectivity index (χ3v) is 25.4. The van der Waals surface area contributed by atoms with Crippen molar-refractivity contribution in [3.63, 3.8) is 0 Å². The quantitative estimate of drug-likeness (QED) is 0.0800. The van der Waals surface area contributed by atoms with Gasteiger partial charge in [0.1, 0.15) is 23.0 Å². The third-order valence-electron chi connectivity index (χ3n) is 25.4. The van der Waals surface area contributed by atoms with Gasteiger partial charge in [0.15, 0.2) is 0 Å². The highest BCUT2D eigenvalue weighted by Crippen LogP contribution is 2.54. The molecule has 2 aliphatic heterocycles. The van der Waals surface area contributed by atoms with Crippen LogP contribution in [0.3, 0.4) is 0 Å². The van der Waals surface area contributed by atoms with Crippen LogP contribution in [0.5, 0.6) is 23.0 Å². The molecule has 2 heterocycles. The number of para-hydroxylation sites is 4. The number of hydrogen-bond acceptors (Lipinski definition) is 4. The van der Waals surface area contributed by atoms with Crippen molar-refractivity contribution in [3.8, 4) is 67.5 Å². The predicted molar refractivity (Wildman–Crippen MR) is 521 cm³/mol. The van der Waals surface area contributed by atoms with Gasteiger partial charge in [-0.2, -0.15) is 0 Å². The van der Waals surface area contributed by atoms with Gasteiger partial charge < -0.3 is 19.3 Å². The van der Waals surface area contributed by atoms with Gasteiger partial charge in [-0.1, -0.05) is 352 Å². The van der Waals surface area contributed by atoms with Crippen molar-refractivity contribution in [2.45, 2.75) is 27.7 Å². The van der Waals surface area contributed by atoms with E-state index in [0.29, 0.717) is 0 Å². The summed E-state index contributed by atoms with van der Waals surface area (Å²) in [7, 11) is 0. The highest BCUT2D eigenvalue weighted by molar-refractivity contribution is 6.97. The Kier molecular flexibility index (Phi) is 18.4. The van der Waals surface area contributed by atoms with Gasteiger partial charge >= 0.3 is 0 Å². The van der Waals surface area contributed by atoms with E-state index >= 15 is 0 Å². The third kappa shape index (κ3) is 12.8. The monoisotopic (exact) mass is 1560 g/mol. The van der Waals surface area contributed by atoms with E-state index in [4.69, 9.17) is 9.47 Å². The molecule has 2 aliphatic rings. The van der Waals surface area contributed by atoms with Crippen molar-refractivity contribution in [1.82, 2.24) is 0 Å². The van der Waals surface area contributed by atoms with Gasteiger partial charge in [-0.25, -0.2) is 0 Å². The lowest BCUT2D eigenvalue weighted by Crippen LogP contribution is -2.55. The molecule has 6 heteroatoms. The van der Waals surface area contributed by atoms with Crippen LogP contribution in [0.1, 0.15) is 22.3 Å². The molecule has 21 aromatic rings. The highest BCUT2D eigenvalue weighted by Gasteiger charge is 2.32. The molecule has 0 bridgehead atoms. The summed E-state index contributed by atoms with van der Waals surface area (Å²) in [5.74, 6) is 3.50. The first-order valence-electron chi connectivity index (χ1n) is 42.3. The van der Waals surface area contributed by atoms with E-state index in [9.17, 15) is 0 Å². The van der Waals surface area contributed by atoms with Crippen LogP contribution in [-0.4, -0.2) is 13.4 Å². The van der Waals surface area contributed by atoms with Crippen LogP contribution in [0, 0.1) is 27.7 Å². The topological polar surface area (TPSA) is 24.9 Å². The van der Waals surface area contributed by atoms with E-state index in [1.807, 2.05) is 0 Å². The normalized spacial score (nSPS) is 11.7. The molecule has 0 unspecified atom stereocenters. The molecule has 0 spiro atoms.